The Labute approximate surface area is 120 Å². The number of nitrogens with zero attached hydrogens (tertiary/aromatic N) is 3. The van der Waals surface area contributed by atoms with E-state index in [1.807, 2.05) is 7.05 Å². The van der Waals surface area contributed by atoms with Gasteiger partial charge in [0.15, 0.2) is 0 Å². The van der Waals surface area contributed by atoms with Crippen LogP contribution in [-0.4, -0.2) is 25.8 Å². The molecule has 0 atom stereocenters. The molecule has 0 spiro atoms. The first-order valence-electron chi connectivity index (χ1n) is 7.63. The molecule has 5 heteroatoms. The van der Waals surface area contributed by atoms with Gasteiger partial charge in [0, 0.05) is 13.5 Å². The quantitative estimate of drug-likeness (QED) is 0.869. The highest BCUT2D eigenvalue weighted by atomic mass is 16.4. The number of carbonyl (C=O) groups is 1. The molecule has 0 radical (unpaired) electrons. The lowest BCUT2D eigenvalue weighted by Gasteiger charge is -2.36. The van der Waals surface area contributed by atoms with E-state index in [0.29, 0.717) is 12.3 Å². The van der Waals surface area contributed by atoms with Gasteiger partial charge in [0.1, 0.15) is 12.2 Å². The molecule has 0 saturated heterocycles. The van der Waals surface area contributed by atoms with Gasteiger partial charge in [-0.3, -0.25) is 9.48 Å². The second-order valence-electron chi connectivity index (χ2n) is 6.15. The summed E-state index contributed by atoms with van der Waals surface area (Å²) in [6.07, 6.45) is 9.32. The van der Waals surface area contributed by atoms with Crippen molar-refractivity contribution in [3.8, 4) is 0 Å². The van der Waals surface area contributed by atoms with Crippen molar-refractivity contribution in [3.63, 3.8) is 0 Å². The van der Waals surface area contributed by atoms with E-state index in [1.165, 1.54) is 25.6 Å². The molecule has 1 aliphatic carbocycles. The van der Waals surface area contributed by atoms with E-state index in [-0.39, 0.29) is 0 Å². The maximum absolute atomic E-state index is 11.8. The Bertz CT molecular complexity index is 448. The van der Waals surface area contributed by atoms with Crippen molar-refractivity contribution < 1.29 is 9.90 Å². The Hall–Kier alpha value is -1.39. The largest absolute Gasteiger partial charge is 0.481 e. The van der Waals surface area contributed by atoms with E-state index in [1.54, 1.807) is 4.68 Å². The van der Waals surface area contributed by atoms with Gasteiger partial charge in [0.05, 0.1) is 5.41 Å². The number of aryl methyl sites for hydroxylation is 1. The van der Waals surface area contributed by atoms with Crippen molar-refractivity contribution in [1.29, 1.82) is 0 Å². The predicted octanol–water partition coefficient (Wildman–Crippen LogP) is 2.81. The smallest absolute Gasteiger partial charge is 0.310 e. The van der Waals surface area contributed by atoms with Crippen LogP contribution in [0.4, 0.5) is 0 Å². The third kappa shape index (κ3) is 3.19. The van der Waals surface area contributed by atoms with Crippen molar-refractivity contribution in [2.24, 2.45) is 18.4 Å². The molecule has 5 nitrogen and oxygen atoms in total. The van der Waals surface area contributed by atoms with Gasteiger partial charge in [0.2, 0.25) is 0 Å². The summed E-state index contributed by atoms with van der Waals surface area (Å²) in [5.41, 5.74) is -0.635. The molecule has 0 unspecified atom stereocenters. The van der Waals surface area contributed by atoms with Gasteiger partial charge >= 0.3 is 5.97 Å². The molecule has 0 aromatic carbocycles. The molecule has 112 valence electrons. The van der Waals surface area contributed by atoms with Crippen LogP contribution in [0.25, 0.3) is 0 Å². The molecule has 2 rings (SSSR count). The molecule has 0 amide bonds. The number of aromatic nitrogens is 3. The molecule has 1 aliphatic rings. The third-order valence-electron chi connectivity index (χ3n) is 4.78. The zero-order valence-corrected chi connectivity index (χ0v) is 12.5. The standard InChI is InChI=1S/C15H25N3O2/c1-3-4-5-12-6-8-15(9-7-12,14(19)20)10-13-16-11-17-18(13)2/h11-12H,3-10H2,1-2H3,(H,19,20). The minimum Gasteiger partial charge on any atom is -0.481 e. The van der Waals surface area contributed by atoms with Crippen molar-refractivity contribution in [3.05, 3.63) is 12.2 Å². The van der Waals surface area contributed by atoms with Gasteiger partial charge in [-0.2, -0.15) is 5.10 Å². The van der Waals surface area contributed by atoms with Crippen LogP contribution in [0.1, 0.15) is 57.7 Å². The second-order valence-corrected chi connectivity index (χ2v) is 6.15. The zero-order valence-electron chi connectivity index (χ0n) is 12.5. The maximum atomic E-state index is 11.8. The average molecular weight is 279 g/mol. The molecule has 1 fully saturated rings. The number of hydrogen-bond donors (Lipinski definition) is 1. The number of carboxylic acid groups (broad SMARTS) is 1. The Morgan fingerprint density at radius 3 is 2.70 bits per heavy atom. The van der Waals surface area contributed by atoms with Gasteiger partial charge in [-0.1, -0.05) is 26.2 Å². The minimum absolute atomic E-state index is 0.499. The molecular weight excluding hydrogens is 254 g/mol. The minimum atomic E-state index is -0.672. The van der Waals surface area contributed by atoms with Gasteiger partial charge in [-0.15, -0.1) is 0 Å². The summed E-state index contributed by atoms with van der Waals surface area (Å²) in [7, 11) is 1.82. The van der Waals surface area contributed by atoms with Crippen molar-refractivity contribution in [2.45, 2.75) is 58.3 Å². The highest BCUT2D eigenvalue weighted by molar-refractivity contribution is 5.75. The van der Waals surface area contributed by atoms with Crippen LogP contribution in [0.5, 0.6) is 0 Å². The first-order chi connectivity index (χ1) is 9.57. The maximum Gasteiger partial charge on any atom is 0.310 e. The van der Waals surface area contributed by atoms with Gasteiger partial charge in [-0.05, 0) is 31.6 Å². The van der Waals surface area contributed by atoms with Crippen LogP contribution >= 0.6 is 0 Å². The first-order valence-corrected chi connectivity index (χ1v) is 7.63. The Kier molecular flexibility index (Phi) is 4.78. The molecule has 1 N–H and O–H groups in total. The molecule has 1 saturated carbocycles. The van der Waals surface area contributed by atoms with E-state index >= 15 is 0 Å². The van der Waals surface area contributed by atoms with Crippen molar-refractivity contribution in [1.82, 2.24) is 14.8 Å². The van der Waals surface area contributed by atoms with E-state index in [9.17, 15) is 9.90 Å². The van der Waals surface area contributed by atoms with Crippen LogP contribution < -0.4 is 0 Å². The fourth-order valence-corrected chi connectivity index (χ4v) is 3.26. The topological polar surface area (TPSA) is 68.0 Å². The Balaban J connectivity index is 2.02. The molecule has 0 aliphatic heterocycles. The van der Waals surface area contributed by atoms with Crippen LogP contribution in [0.3, 0.4) is 0 Å². The van der Waals surface area contributed by atoms with Gasteiger partial charge < -0.3 is 5.11 Å². The molecule has 20 heavy (non-hydrogen) atoms. The molecular formula is C15H25N3O2. The number of carboxylic acids is 1. The van der Waals surface area contributed by atoms with E-state index in [4.69, 9.17) is 0 Å². The molecule has 1 heterocycles. The van der Waals surface area contributed by atoms with Gasteiger partial charge in [0.25, 0.3) is 0 Å². The van der Waals surface area contributed by atoms with E-state index < -0.39 is 11.4 Å². The Morgan fingerprint density at radius 2 is 2.20 bits per heavy atom. The molecule has 1 aromatic rings. The third-order valence-corrected chi connectivity index (χ3v) is 4.78. The van der Waals surface area contributed by atoms with E-state index in [2.05, 4.69) is 17.0 Å². The average Bonchev–Trinajstić information content (AvgIpc) is 2.83. The van der Waals surface area contributed by atoms with Crippen molar-refractivity contribution >= 4 is 5.97 Å². The van der Waals surface area contributed by atoms with Crippen LogP contribution in [-0.2, 0) is 18.3 Å². The summed E-state index contributed by atoms with van der Waals surface area (Å²) in [6, 6.07) is 0. The van der Waals surface area contributed by atoms with Crippen LogP contribution in [0.2, 0.25) is 0 Å². The summed E-state index contributed by atoms with van der Waals surface area (Å²) >= 11 is 0. The fraction of sp³-hybridized carbons (Fsp3) is 0.800. The zero-order chi connectivity index (χ0) is 14.6. The summed E-state index contributed by atoms with van der Waals surface area (Å²) in [5, 5.41) is 13.7. The SMILES string of the molecule is CCCCC1CCC(Cc2ncnn2C)(C(=O)O)CC1. The number of unbranched alkanes of at least 4 members (excludes halogenated alkanes) is 1. The molecule has 0 bridgehead atoms. The fourth-order valence-electron chi connectivity index (χ4n) is 3.26. The van der Waals surface area contributed by atoms with Crippen LogP contribution in [0.15, 0.2) is 6.33 Å². The van der Waals surface area contributed by atoms with Crippen LogP contribution in [0, 0.1) is 11.3 Å². The van der Waals surface area contributed by atoms with Crippen molar-refractivity contribution in [2.75, 3.05) is 0 Å². The number of hydrogen-bond acceptors (Lipinski definition) is 3. The number of rotatable bonds is 6. The summed E-state index contributed by atoms with van der Waals surface area (Å²) in [6.45, 7) is 2.21. The lowest BCUT2D eigenvalue weighted by Crippen LogP contribution is -2.38. The normalized spacial score (nSPS) is 26.6. The Morgan fingerprint density at radius 1 is 1.50 bits per heavy atom. The monoisotopic (exact) mass is 279 g/mol. The first kappa shape index (κ1) is 15.0. The lowest BCUT2D eigenvalue weighted by atomic mass is 9.67. The highest BCUT2D eigenvalue weighted by Gasteiger charge is 2.42. The highest BCUT2D eigenvalue weighted by Crippen LogP contribution is 2.42. The second kappa shape index (κ2) is 6.37. The van der Waals surface area contributed by atoms with Gasteiger partial charge in [-0.25, -0.2) is 4.98 Å². The summed E-state index contributed by atoms with van der Waals surface area (Å²) < 4.78 is 1.69. The number of aliphatic carboxylic acids is 1. The molecule has 1 aromatic heterocycles. The van der Waals surface area contributed by atoms with E-state index in [0.717, 1.165) is 31.5 Å². The summed E-state index contributed by atoms with van der Waals surface area (Å²) in [5.74, 6) is 0.816. The lowest BCUT2D eigenvalue weighted by molar-refractivity contribution is -0.151. The predicted molar refractivity (Wildman–Crippen MR) is 76.3 cm³/mol. The summed E-state index contributed by atoms with van der Waals surface area (Å²) in [4.78, 5) is 16.0.